The van der Waals surface area contributed by atoms with Gasteiger partial charge in [0, 0.05) is 19.2 Å². The molecule has 108 valence electrons. The second kappa shape index (κ2) is 9.78. The zero-order valence-corrected chi connectivity index (χ0v) is 11.8. The molecule has 0 heterocycles. The molecule has 4 N–H and O–H groups in total. The minimum absolute atomic E-state index is 0.166. The molecule has 0 aliphatic rings. The summed E-state index contributed by atoms with van der Waals surface area (Å²) in [5.41, 5.74) is 6.97. The Hall–Kier alpha value is -1.10. The molecule has 1 atom stereocenters. The average molecular weight is 266 g/mol. The Balaban J connectivity index is 2.46. The number of unbranched alkanes of at least 4 members (excludes halogenated alkanes) is 1. The molecule has 1 unspecified atom stereocenters. The van der Waals surface area contributed by atoms with Gasteiger partial charge in [0.05, 0.1) is 6.61 Å². The maximum atomic E-state index is 8.74. The topological polar surface area (TPSA) is 67.5 Å². The molecule has 4 nitrogen and oxygen atoms in total. The highest BCUT2D eigenvalue weighted by atomic mass is 16.5. The molecule has 0 aliphatic heterocycles. The van der Waals surface area contributed by atoms with Crippen molar-refractivity contribution in [1.82, 2.24) is 5.32 Å². The fraction of sp³-hybridized carbons (Fsp3) is 0.600. The summed E-state index contributed by atoms with van der Waals surface area (Å²) < 4.78 is 5.56. The van der Waals surface area contributed by atoms with Crippen molar-refractivity contribution in [1.29, 1.82) is 0 Å². The van der Waals surface area contributed by atoms with Crippen LogP contribution >= 0.6 is 0 Å². The molecule has 0 radical (unpaired) electrons. The second-order valence-electron chi connectivity index (χ2n) is 4.59. The van der Waals surface area contributed by atoms with Gasteiger partial charge in [-0.3, -0.25) is 0 Å². The van der Waals surface area contributed by atoms with Crippen LogP contribution in [0.1, 0.15) is 37.8 Å². The first-order chi connectivity index (χ1) is 9.31. The fourth-order valence-corrected chi connectivity index (χ4v) is 1.87. The van der Waals surface area contributed by atoms with Crippen molar-refractivity contribution >= 4 is 0 Å². The van der Waals surface area contributed by atoms with Gasteiger partial charge in [-0.2, -0.15) is 0 Å². The molecule has 0 aromatic heterocycles. The van der Waals surface area contributed by atoms with E-state index in [1.54, 1.807) is 0 Å². The molecule has 1 aromatic carbocycles. The van der Waals surface area contributed by atoms with Gasteiger partial charge in [-0.05, 0) is 43.5 Å². The van der Waals surface area contributed by atoms with Crippen LogP contribution in [0.4, 0.5) is 0 Å². The summed E-state index contributed by atoms with van der Waals surface area (Å²) >= 11 is 0. The summed E-state index contributed by atoms with van der Waals surface area (Å²) in [5, 5.41) is 12.1. The maximum Gasteiger partial charge on any atom is 0.119 e. The van der Waals surface area contributed by atoms with Crippen molar-refractivity contribution < 1.29 is 9.84 Å². The number of aliphatic hydroxyl groups is 1. The summed E-state index contributed by atoms with van der Waals surface area (Å²) in [6.07, 6.45) is 2.80. The molecular formula is C15H26N2O2. The Morgan fingerprint density at radius 1 is 1.26 bits per heavy atom. The molecule has 0 amide bonds. The number of hydrogen-bond donors (Lipinski definition) is 3. The van der Waals surface area contributed by atoms with Gasteiger partial charge in [0.25, 0.3) is 0 Å². The smallest absolute Gasteiger partial charge is 0.119 e. The zero-order chi connectivity index (χ0) is 13.9. The highest BCUT2D eigenvalue weighted by molar-refractivity contribution is 5.29. The van der Waals surface area contributed by atoms with Gasteiger partial charge in [0.2, 0.25) is 0 Å². The number of nitrogens with one attached hydrogen (secondary N) is 1. The second-order valence-corrected chi connectivity index (χ2v) is 4.59. The minimum Gasteiger partial charge on any atom is -0.494 e. The van der Waals surface area contributed by atoms with Gasteiger partial charge < -0.3 is 20.9 Å². The van der Waals surface area contributed by atoms with Gasteiger partial charge in [-0.25, -0.2) is 0 Å². The van der Waals surface area contributed by atoms with E-state index in [0.717, 1.165) is 38.2 Å². The van der Waals surface area contributed by atoms with Gasteiger partial charge in [-0.1, -0.05) is 19.1 Å². The first-order valence-corrected chi connectivity index (χ1v) is 7.08. The summed E-state index contributed by atoms with van der Waals surface area (Å²) in [7, 11) is 0. The number of rotatable bonds is 10. The van der Waals surface area contributed by atoms with Gasteiger partial charge in [0.1, 0.15) is 5.75 Å². The third-order valence-corrected chi connectivity index (χ3v) is 2.97. The van der Waals surface area contributed by atoms with Crippen LogP contribution in [0, 0.1) is 0 Å². The van der Waals surface area contributed by atoms with Crippen molar-refractivity contribution in [3.63, 3.8) is 0 Å². The van der Waals surface area contributed by atoms with Gasteiger partial charge in [-0.15, -0.1) is 0 Å². The quantitative estimate of drug-likeness (QED) is 0.565. The standard InChI is InChI=1S/C15H26N2O2/c1-2-11-19-14-7-5-13(6-8-14)15(12-16)17-9-3-4-10-18/h5-8,15,17-18H,2-4,9-12,16H2,1H3. The Labute approximate surface area is 116 Å². The molecule has 4 heteroatoms. The van der Waals surface area contributed by atoms with E-state index in [4.69, 9.17) is 15.6 Å². The van der Waals surface area contributed by atoms with E-state index in [0.29, 0.717) is 6.54 Å². The lowest BCUT2D eigenvalue weighted by molar-refractivity contribution is 0.282. The molecule has 0 bridgehead atoms. The highest BCUT2D eigenvalue weighted by Gasteiger charge is 2.08. The minimum atomic E-state index is 0.166. The third-order valence-electron chi connectivity index (χ3n) is 2.97. The lowest BCUT2D eigenvalue weighted by Gasteiger charge is -2.17. The molecule has 0 saturated heterocycles. The van der Waals surface area contributed by atoms with E-state index in [9.17, 15) is 0 Å². The Morgan fingerprint density at radius 3 is 2.58 bits per heavy atom. The van der Waals surface area contributed by atoms with Crippen LogP contribution in [0.15, 0.2) is 24.3 Å². The van der Waals surface area contributed by atoms with Crippen LogP contribution in [0.5, 0.6) is 5.75 Å². The van der Waals surface area contributed by atoms with Gasteiger partial charge >= 0.3 is 0 Å². The van der Waals surface area contributed by atoms with Gasteiger partial charge in [0.15, 0.2) is 0 Å². The maximum absolute atomic E-state index is 8.74. The van der Waals surface area contributed by atoms with Crippen LogP contribution in [-0.4, -0.2) is 31.4 Å². The van der Waals surface area contributed by atoms with Crippen molar-refractivity contribution in [2.75, 3.05) is 26.3 Å². The molecule has 1 aromatic rings. The lowest BCUT2D eigenvalue weighted by atomic mass is 10.1. The molecule has 1 rings (SSSR count). The van der Waals surface area contributed by atoms with Crippen LogP contribution in [0.2, 0.25) is 0 Å². The van der Waals surface area contributed by atoms with E-state index >= 15 is 0 Å². The van der Waals surface area contributed by atoms with Crippen LogP contribution in [-0.2, 0) is 0 Å². The Kier molecular flexibility index (Phi) is 8.21. The van der Waals surface area contributed by atoms with E-state index in [-0.39, 0.29) is 12.6 Å². The molecule has 0 aliphatic carbocycles. The summed E-state index contributed by atoms with van der Waals surface area (Å²) in [6, 6.07) is 8.26. The molecule has 0 saturated carbocycles. The predicted octanol–water partition coefficient (Wildman–Crippen LogP) is 1.84. The fourth-order valence-electron chi connectivity index (χ4n) is 1.87. The SMILES string of the molecule is CCCOc1ccc(C(CN)NCCCCO)cc1. The summed E-state index contributed by atoms with van der Waals surface area (Å²) in [4.78, 5) is 0. The monoisotopic (exact) mass is 266 g/mol. The van der Waals surface area contributed by atoms with Crippen LogP contribution in [0.3, 0.4) is 0 Å². The molecule has 0 spiro atoms. The third kappa shape index (κ3) is 6.05. The average Bonchev–Trinajstić information content (AvgIpc) is 2.46. The predicted molar refractivity (Wildman–Crippen MR) is 78.3 cm³/mol. The first kappa shape index (κ1) is 16.0. The first-order valence-electron chi connectivity index (χ1n) is 7.08. The number of benzene rings is 1. The van der Waals surface area contributed by atoms with E-state index in [1.165, 1.54) is 5.56 Å². The Morgan fingerprint density at radius 2 is 2.00 bits per heavy atom. The summed E-state index contributed by atoms with van der Waals surface area (Å²) in [6.45, 7) is 4.53. The number of ether oxygens (including phenoxy) is 1. The van der Waals surface area contributed by atoms with Crippen LogP contribution in [0.25, 0.3) is 0 Å². The van der Waals surface area contributed by atoms with E-state index in [2.05, 4.69) is 24.4 Å². The molecule has 0 fully saturated rings. The van der Waals surface area contributed by atoms with Crippen LogP contribution < -0.4 is 15.8 Å². The normalized spacial score (nSPS) is 12.4. The Bertz CT molecular complexity index is 327. The zero-order valence-electron chi connectivity index (χ0n) is 11.8. The highest BCUT2D eigenvalue weighted by Crippen LogP contribution is 2.17. The number of aliphatic hydroxyl groups excluding tert-OH is 1. The van der Waals surface area contributed by atoms with Crippen molar-refractivity contribution in [3.8, 4) is 5.75 Å². The number of nitrogens with two attached hydrogens (primary N) is 1. The van der Waals surface area contributed by atoms with E-state index in [1.807, 2.05) is 12.1 Å². The molecular weight excluding hydrogens is 240 g/mol. The van der Waals surface area contributed by atoms with E-state index < -0.39 is 0 Å². The lowest BCUT2D eigenvalue weighted by Crippen LogP contribution is -2.29. The number of hydrogen-bond acceptors (Lipinski definition) is 4. The van der Waals surface area contributed by atoms with Crippen molar-refractivity contribution in [2.24, 2.45) is 5.73 Å². The van der Waals surface area contributed by atoms with Crippen molar-refractivity contribution in [3.05, 3.63) is 29.8 Å². The summed E-state index contributed by atoms with van der Waals surface area (Å²) in [5.74, 6) is 0.904. The molecule has 19 heavy (non-hydrogen) atoms. The largest absolute Gasteiger partial charge is 0.494 e. The van der Waals surface area contributed by atoms with Crippen molar-refractivity contribution in [2.45, 2.75) is 32.2 Å².